The maximum atomic E-state index is 3.73. The van der Waals surface area contributed by atoms with E-state index in [9.17, 15) is 0 Å². The van der Waals surface area contributed by atoms with E-state index in [2.05, 4.69) is 22.9 Å². The molecule has 0 amide bonds. The van der Waals surface area contributed by atoms with Gasteiger partial charge in [0, 0.05) is 4.83 Å². The lowest BCUT2D eigenvalue weighted by atomic mass is 10.0. The third kappa shape index (κ3) is 2.26. The van der Waals surface area contributed by atoms with Crippen LogP contribution < -0.4 is 0 Å². The summed E-state index contributed by atoms with van der Waals surface area (Å²) >= 11 is 3.73. The average Bonchev–Trinajstić information content (AvgIpc) is 2.31. The lowest BCUT2D eigenvalue weighted by Crippen LogP contribution is -2.05. The first kappa shape index (κ1) is 8.58. The largest absolute Gasteiger partial charge is 0.0888 e. The summed E-state index contributed by atoms with van der Waals surface area (Å²) < 4.78 is 0. The molecule has 1 aliphatic carbocycles. The monoisotopic (exact) mass is 204 g/mol. The Kier molecular flexibility index (Phi) is 3.75. The van der Waals surface area contributed by atoms with Crippen molar-refractivity contribution < 1.29 is 0 Å². The van der Waals surface area contributed by atoms with E-state index < -0.39 is 0 Å². The van der Waals surface area contributed by atoms with Crippen LogP contribution in [0.1, 0.15) is 45.4 Å². The molecular formula is C9H17Br. The topological polar surface area (TPSA) is 0 Å². The fourth-order valence-electron chi connectivity index (χ4n) is 1.78. The van der Waals surface area contributed by atoms with Gasteiger partial charge in [-0.15, -0.1) is 0 Å². The van der Waals surface area contributed by atoms with Gasteiger partial charge in [-0.2, -0.15) is 0 Å². The minimum atomic E-state index is 0.846. The molecule has 0 nitrogen and oxygen atoms in total. The minimum Gasteiger partial charge on any atom is -0.0888 e. The van der Waals surface area contributed by atoms with E-state index >= 15 is 0 Å². The van der Waals surface area contributed by atoms with Gasteiger partial charge in [0.1, 0.15) is 0 Å². The van der Waals surface area contributed by atoms with Crippen LogP contribution in [0.5, 0.6) is 0 Å². The smallest absolute Gasteiger partial charge is 0.0174 e. The van der Waals surface area contributed by atoms with Crippen LogP contribution in [0.4, 0.5) is 0 Å². The van der Waals surface area contributed by atoms with Crippen molar-refractivity contribution in [1.29, 1.82) is 0 Å². The van der Waals surface area contributed by atoms with E-state index in [1.54, 1.807) is 0 Å². The standard InChI is InChI=1S/C9H17Br/c1-2-3-5-8-6-4-7-9(8)10/h8-9H,2-7H2,1H3. The summed E-state index contributed by atoms with van der Waals surface area (Å²) in [5.74, 6) is 1.000. The number of halogens is 1. The van der Waals surface area contributed by atoms with Gasteiger partial charge in [-0.05, 0) is 25.2 Å². The Balaban J connectivity index is 2.14. The molecule has 1 heteroatoms. The lowest BCUT2D eigenvalue weighted by Gasteiger charge is -2.11. The molecule has 60 valence electrons. The molecule has 1 rings (SSSR count). The molecule has 0 bridgehead atoms. The maximum Gasteiger partial charge on any atom is 0.0174 e. The molecule has 1 saturated carbocycles. The third-order valence-corrected chi connectivity index (χ3v) is 3.70. The van der Waals surface area contributed by atoms with Crippen LogP contribution in [0, 0.1) is 5.92 Å². The molecule has 2 unspecified atom stereocenters. The van der Waals surface area contributed by atoms with Crippen LogP contribution in [0.2, 0.25) is 0 Å². The Morgan fingerprint density at radius 2 is 2.20 bits per heavy atom. The summed E-state index contributed by atoms with van der Waals surface area (Å²) in [6, 6.07) is 0. The second-order valence-corrected chi connectivity index (χ2v) is 4.53. The number of hydrogen-bond acceptors (Lipinski definition) is 0. The summed E-state index contributed by atoms with van der Waals surface area (Å²) in [5.41, 5.74) is 0. The van der Waals surface area contributed by atoms with Crippen molar-refractivity contribution in [3.63, 3.8) is 0 Å². The van der Waals surface area contributed by atoms with Crippen molar-refractivity contribution in [2.24, 2.45) is 5.92 Å². The summed E-state index contributed by atoms with van der Waals surface area (Å²) in [6.07, 6.45) is 8.56. The first-order valence-electron chi connectivity index (χ1n) is 4.48. The highest BCUT2D eigenvalue weighted by Crippen LogP contribution is 2.34. The SMILES string of the molecule is CCCCC1CCCC1Br. The van der Waals surface area contributed by atoms with Gasteiger partial charge in [-0.1, -0.05) is 42.1 Å². The highest BCUT2D eigenvalue weighted by molar-refractivity contribution is 9.09. The van der Waals surface area contributed by atoms with Crippen LogP contribution in [-0.4, -0.2) is 4.83 Å². The molecule has 2 atom stereocenters. The van der Waals surface area contributed by atoms with Crippen molar-refractivity contribution in [3.05, 3.63) is 0 Å². The molecule has 0 saturated heterocycles. The van der Waals surface area contributed by atoms with Gasteiger partial charge in [0.15, 0.2) is 0 Å². The van der Waals surface area contributed by atoms with Gasteiger partial charge in [0.05, 0.1) is 0 Å². The summed E-state index contributed by atoms with van der Waals surface area (Å²) in [6.45, 7) is 2.28. The zero-order chi connectivity index (χ0) is 7.40. The van der Waals surface area contributed by atoms with Crippen LogP contribution in [0.3, 0.4) is 0 Å². The summed E-state index contributed by atoms with van der Waals surface area (Å²) in [5, 5.41) is 0. The fraction of sp³-hybridized carbons (Fsp3) is 1.00. The van der Waals surface area contributed by atoms with Crippen LogP contribution >= 0.6 is 15.9 Å². The van der Waals surface area contributed by atoms with E-state index in [-0.39, 0.29) is 0 Å². The van der Waals surface area contributed by atoms with E-state index in [1.807, 2.05) is 0 Å². The zero-order valence-corrected chi connectivity index (χ0v) is 8.36. The highest BCUT2D eigenvalue weighted by Gasteiger charge is 2.23. The third-order valence-electron chi connectivity index (χ3n) is 2.49. The molecule has 0 aromatic rings. The van der Waals surface area contributed by atoms with Gasteiger partial charge in [0.25, 0.3) is 0 Å². The van der Waals surface area contributed by atoms with Crippen molar-refractivity contribution in [3.8, 4) is 0 Å². The van der Waals surface area contributed by atoms with Crippen molar-refractivity contribution >= 4 is 15.9 Å². The number of unbranched alkanes of at least 4 members (excludes halogenated alkanes) is 1. The van der Waals surface area contributed by atoms with Crippen molar-refractivity contribution in [2.45, 2.75) is 50.3 Å². The molecular weight excluding hydrogens is 188 g/mol. The molecule has 0 spiro atoms. The molecule has 0 heterocycles. The number of rotatable bonds is 3. The van der Waals surface area contributed by atoms with Crippen molar-refractivity contribution in [2.75, 3.05) is 0 Å². The zero-order valence-electron chi connectivity index (χ0n) is 6.78. The van der Waals surface area contributed by atoms with E-state index in [1.165, 1.54) is 38.5 Å². The molecule has 10 heavy (non-hydrogen) atoms. The van der Waals surface area contributed by atoms with Gasteiger partial charge in [0.2, 0.25) is 0 Å². The molecule has 0 aromatic carbocycles. The lowest BCUT2D eigenvalue weighted by molar-refractivity contribution is 0.492. The second-order valence-electron chi connectivity index (χ2n) is 3.35. The Labute approximate surface area is 72.5 Å². The van der Waals surface area contributed by atoms with Crippen LogP contribution in [0.25, 0.3) is 0 Å². The van der Waals surface area contributed by atoms with Crippen molar-refractivity contribution in [1.82, 2.24) is 0 Å². The average molecular weight is 205 g/mol. The van der Waals surface area contributed by atoms with Crippen LogP contribution in [-0.2, 0) is 0 Å². The number of alkyl halides is 1. The fourth-order valence-corrected chi connectivity index (χ4v) is 2.64. The quantitative estimate of drug-likeness (QED) is 0.615. The van der Waals surface area contributed by atoms with E-state index in [0.29, 0.717) is 0 Å². The molecule has 0 N–H and O–H groups in total. The molecule has 1 aliphatic rings. The molecule has 0 radical (unpaired) electrons. The first-order chi connectivity index (χ1) is 4.84. The van der Waals surface area contributed by atoms with Crippen LogP contribution in [0.15, 0.2) is 0 Å². The minimum absolute atomic E-state index is 0.846. The van der Waals surface area contributed by atoms with Gasteiger partial charge in [-0.25, -0.2) is 0 Å². The van der Waals surface area contributed by atoms with Gasteiger partial charge < -0.3 is 0 Å². The molecule has 1 fully saturated rings. The second kappa shape index (κ2) is 4.38. The summed E-state index contributed by atoms with van der Waals surface area (Å²) in [4.78, 5) is 0.846. The predicted octanol–water partition coefficient (Wildman–Crippen LogP) is 3.74. The Morgan fingerprint density at radius 3 is 2.70 bits per heavy atom. The summed E-state index contributed by atoms with van der Waals surface area (Å²) in [7, 11) is 0. The normalized spacial score (nSPS) is 33.0. The number of hydrogen-bond donors (Lipinski definition) is 0. The first-order valence-corrected chi connectivity index (χ1v) is 5.40. The van der Waals surface area contributed by atoms with Gasteiger partial charge >= 0.3 is 0 Å². The van der Waals surface area contributed by atoms with E-state index in [0.717, 1.165) is 10.7 Å². The van der Waals surface area contributed by atoms with E-state index in [4.69, 9.17) is 0 Å². The predicted molar refractivity (Wildman–Crippen MR) is 49.6 cm³/mol. The Bertz CT molecular complexity index is 90.7. The maximum absolute atomic E-state index is 3.73. The Hall–Kier alpha value is 0.480. The molecule has 0 aromatic heterocycles. The van der Waals surface area contributed by atoms with Gasteiger partial charge in [-0.3, -0.25) is 0 Å². The highest BCUT2D eigenvalue weighted by atomic mass is 79.9. The molecule has 0 aliphatic heterocycles. The Morgan fingerprint density at radius 1 is 1.40 bits per heavy atom.